The van der Waals surface area contributed by atoms with Crippen molar-refractivity contribution >= 4 is 27.3 Å². The number of nitrogens with zero attached hydrogens (tertiary/aromatic N) is 1. The summed E-state index contributed by atoms with van der Waals surface area (Å²) in [5, 5.41) is 3.53. The summed E-state index contributed by atoms with van der Waals surface area (Å²) in [5.74, 6) is 0. The number of fused-ring (bicyclic) bond motifs is 1. The maximum Gasteiger partial charge on any atom is 0.0460 e. The minimum Gasteiger partial charge on any atom is -0.341 e. The van der Waals surface area contributed by atoms with Gasteiger partial charge < -0.3 is 10.2 Å². The van der Waals surface area contributed by atoms with Crippen LogP contribution in [-0.2, 0) is 6.42 Å². The molecule has 0 radical (unpaired) electrons. The van der Waals surface area contributed by atoms with E-state index in [9.17, 15) is 0 Å². The Labute approximate surface area is 135 Å². The molecule has 2 nitrogen and oxygen atoms in total. The number of benzene rings is 2. The molecule has 1 unspecified atom stereocenters. The van der Waals surface area contributed by atoms with Crippen LogP contribution in [0.1, 0.15) is 31.0 Å². The van der Waals surface area contributed by atoms with Crippen LogP contribution < -0.4 is 10.2 Å². The fourth-order valence-corrected chi connectivity index (χ4v) is 3.50. The van der Waals surface area contributed by atoms with Crippen LogP contribution in [0.25, 0.3) is 0 Å². The number of nitrogens with one attached hydrogen (secondary N) is 1. The van der Waals surface area contributed by atoms with Crippen molar-refractivity contribution in [3.63, 3.8) is 0 Å². The van der Waals surface area contributed by atoms with Gasteiger partial charge in [0, 0.05) is 28.4 Å². The molecular formula is C18H21BrN2. The molecule has 1 N–H and O–H groups in total. The molecule has 1 aliphatic rings. The van der Waals surface area contributed by atoms with E-state index >= 15 is 0 Å². The van der Waals surface area contributed by atoms with Gasteiger partial charge in [0.05, 0.1) is 0 Å². The Bertz CT molecular complexity index is 639. The minimum atomic E-state index is 0.343. The predicted octanol–water partition coefficient (Wildman–Crippen LogP) is 4.81. The fourth-order valence-electron chi connectivity index (χ4n) is 3.12. The van der Waals surface area contributed by atoms with E-state index in [0.29, 0.717) is 6.04 Å². The monoisotopic (exact) mass is 344 g/mol. The van der Waals surface area contributed by atoms with Gasteiger partial charge in [0.15, 0.2) is 0 Å². The van der Waals surface area contributed by atoms with E-state index in [1.165, 1.54) is 22.5 Å². The summed E-state index contributed by atoms with van der Waals surface area (Å²) in [6, 6.07) is 15.7. The first-order chi connectivity index (χ1) is 10.2. The molecule has 0 aromatic heterocycles. The smallest absolute Gasteiger partial charge is 0.0460 e. The zero-order chi connectivity index (χ0) is 14.8. The number of anilines is 2. The molecule has 21 heavy (non-hydrogen) atoms. The molecule has 0 bridgehead atoms. The SMILES string of the molecule is CCNC(C)c1cc(Br)ccc1N1CCc2ccccc21. The number of hydrogen-bond donors (Lipinski definition) is 1. The molecule has 3 rings (SSSR count). The lowest BCUT2D eigenvalue weighted by Gasteiger charge is -2.26. The molecule has 1 aliphatic heterocycles. The van der Waals surface area contributed by atoms with Gasteiger partial charge in [-0.3, -0.25) is 0 Å². The van der Waals surface area contributed by atoms with Crippen LogP contribution in [0.4, 0.5) is 11.4 Å². The van der Waals surface area contributed by atoms with Crippen LogP contribution >= 0.6 is 15.9 Å². The van der Waals surface area contributed by atoms with E-state index in [1.807, 2.05) is 0 Å². The Morgan fingerprint density at radius 3 is 2.81 bits per heavy atom. The number of para-hydroxylation sites is 1. The highest BCUT2D eigenvalue weighted by molar-refractivity contribution is 9.10. The lowest BCUT2D eigenvalue weighted by Crippen LogP contribution is -2.22. The third kappa shape index (κ3) is 2.85. The molecule has 2 aromatic rings. The topological polar surface area (TPSA) is 15.3 Å². The van der Waals surface area contributed by atoms with E-state index in [2.05, 4.69) is 82.5 Å². The zero-order valence-corrected chi connectivity index (χ0v) is 14.2. The Balaban J connectivity index is 2.03. The molecular weight excluding hydrogens is 324 g/mol. The molecule has 2 aromatic carbocycles. The number of rotatable bonds is 4. The van der Waals surface area contributed by atoms with E-state index in [1.54, 1.807) is 0 Å². The quantitative estimate of drug-likeness (QED) is 0.855. The molecule has 0 aliphatic carbocycles. The third-order valence-electron chi connectivity index (χ3n) is 4.14. The molecule has 1 atom stereocenters. The van der Waals surface area contributed by atoms with Crippen LogP contribution in [0, 0.1) is 0 Å². The van der Waals surface area contributed by atoms with Gasteiger partial charge in [-0.1, -0.05) is 41.1 Å². The van der Waals surface area contributed by atoms with Crippen LogP contribution in [0.15, 0.2) is 46.9 Å². The highest BCUT2D eigenvalue weighted by atomic mass is 79.9. The van der Waals surface area contributed by atoms with Gasteiger partial charge in [-0.15, -0.1) is 0 Å². The summed E-state index contributed by atoms with van der Waals surface area (Å²) < 4.78 is 1.14. The summed E-state index contributed by atoms with van der Waals surface area (Å²) in [4.78, 5) is 2.45. The predicted molar refractivity (Wildman–Crippen MR) is 93.4 cm³/mol. The van der Waals surface area contributed by atoms with Crippen molar-refractivity contribution in [2.24, 2.45) is 0 Å². The maximum absolute atomic E-state index is 3.61. The first-order valence-corrected chi connectivity index (χ1v) is 8.38. The van der Waals surface area contributed by atoms with Gasteiger partial charge in [0.25, 0.3) is 0 Å². The molecule has 0 saturated carbocycles. The highest BCUT2D eigenvalue weighted by Gasteiger charge is 2.23. The summed E-state index contributed by atoms with van der Waals surface area (Å²) in [6.45, 7) is 6.42. The van der Waals surface area contributed by atoms with Gasteiger partial charge in [-0.2, -0.15) is 0 Å². The largest absolute Gasteiger partial charge is 0.341 e. The van der Waals surface area contributed by atoms with Crippen molar-refractivity contribution < 1.29 is 0 Å². The Morgan fingerprint density at radius 1 is 1.19 bits per heavy atom. The van der Waals surface area contributed by atoms with E-state index in [4.69, 9.17) is 0 Å². The first-order valence-electron chi connectivity index (χ1n) is 7.59. The average Bonchev–Trinajstić information content (AvgIpc) is 2.91. The highest BCUT2D eigenvalue weighted by Crippen LogP contribution is 2.38. The fraction of sp³-hybridized carbons (Fsp3) is 0.333. The summed E-state index contributed by atoms with van der Waals surface area (Å²) in [6.07, 6.45) is 1.13. The standard InChI is InChI=1S/C18H21BrN2/c1-3-20-13(2)16-12-15(19)8-9-18(16)21-11-10-14-6-4-5-7-17(14)21/h4-9,12-13,20H,3,10-11H2,1-2H3. The molecule has 3 heteroatoms. The Morgan fingerprint density at radius 2 is 2.00 bits per heavy atom. The van der Waals surface area contributed by atoms with Crippen molar-refractivity contribution in [3.05, 3.63) is 58.1 Å². The lowest BCUT2D eigenvalue weighted by molar-refractivity contribution is 0.597. The van der Waals surface area contributed by atoms with Crippen LogP contribution in [0.3, 0.4) is 0 Å². The van der Waals surface area contributed by atoms with Crippen LogP contribution in [0.2, 0.25) is 0 Å². The maximum atomic E-state index is 3.61. The lowest BCUT2D eigenvalue weighted by atomic mass is 10.0. The third-order valence-corrected chi connectivity index (χ3v) is 4.64. The van der Waals surface area contributed by atoms with Crippen molar-refractivity contribution in [3.8, 4) is 0 Å². The van der Waals surface area contributed by atoms with Crippen LogP contribution in [0.5, 0.6) is 0 Å². The molecule has 0 fully saturated rings. The molecule has 0 saturated heterocycles. The summed E-state index contributed by atoms with van der Waals surface area (Å²) in [7, 11) is 0. The molecule has 1 heterocycles. The van der Waals surface area contributed by atoms with E-state index in [0.717, 1.165) is 24.0 Å². The normalized spacial score (nSPS) is 15.1. The Hall–Kier alpha value is -1.32. The van der Waals surface area contributed by atoms with Gasteiger partial charge in [-0.05, 0) is 55.3 Å². The second kappa shape index (κ2) is 6.20. The van der Waals surface area contributed by atoms with Crippen molar-refractivity contribution in [2.45, 2.75) is 26.3 Å². The molecule has 0 spiro atoms. The Kier molecular flexibility index (Phi) is 4.32. The number of halogens is 1. The second-order valence-electron chi connectivity index (χ2n) is 5.51. The number of hydrogen-bond acceptors (Lipinski definition) is 2. The average molecular weight is 345 g/mol. The van der Waals surface area contributed by atoms with E-state index in [-0.39, 0.29) is 0 Å². The summed E-state index contributed by atoms with van der Waals surface area (Å²) >= 11 is 3.61. The van der Waals surface area contributed by atoms with Crippen molar-refractivity contribution in [2.75, 3.05) is 18.0 Å². The van der Waals surface area contributed by atoms with Crippen molar-refractivity contribution in [1.29, 1.82) is 0 Å². The van der Waals surface area contributed by atoms with Crippen LogP contribution in [-0.4, -0.2) is 13.1 Å². The minimum absolute atomic E-state index is 0.343. The van der Waals surface area contributed by atoms with Gasteiger partial charge >= 0.3 is 0 Å². The van der Waals surface area contributed by atoms with Crippen molar-refractivity contribution in [1.82, 2.24) is 5.32 Å². The van der Waals surface area contributed by atoms with Gasteiger partial charge in [0.2, 0.25) is 0 Å². The van der Waals surface area contributed by atoms with Gasteiger partial charge in [0.1, 0.15) is 0 Å². The zero-order valence-electron chi connectivity index (χ0n) is 12.6. The first kappa shape index (κ1) is 14.6. The van der Waals surface area contributed by atoms with E-state index < -0.39 is 0 Å². The summed E-state index contributed by atoms with van der Waals surface area (Å²) in [5.41, 5.74) is 5.46. The molecule has 110 valence electrons. The molecule has 0 amide bonds. The van der Waals surface area contributed by atoms with Gasteiger partial charge in [-0.25, -0.2) is 0 Å². The second-order valence-corrected chi connectivity index (χ2v) is 6.43.